The van der Waals surface area contributed by atoms with E-state index in [1.54, 1.807) is 12.1 Å². The molecular weight excluding hydrogens is 241 g/mol. The Labute approximate surface area is 115 Å². The Kier molecular flexibility index (Phi) is 3.31. The van der Waals surface area contributed by atoms with Crippen molar-refractivity contribution in [3.63, 3.8) is 0 Å². The fraction of sp³-hybridized carbons (Fsp3) is 0.571. The van der Waals surface area contributed by atoms with Crippen LogP contribution in [0.5, 0.6) is 5.75 Å². The van der Waals surface area contributed by atoms with Crippen LogP contribution in [0.25, 0.3) is 0 Å². The van der Waals surface area contributed by atoms with E-state index in [1.165, 1.54) is 0 Å². The highest BCUT2D eigenvalue weighted by Gasteiger charge is 2.52. The van der Waals surface area contributed by atoms with E-state index in [1.807, 2.05) is 52.8 Å². The summed E-state index contributed by atoms with van der Waals surface area (Å²) in [6, 6.07) is 5.25. The molecule has 0 bridgehead atoms. The second kappa shape index (κ2) is 4.42. The first kappa shape index (κ1) is 14.2. The topological polar surface area (TPSA) is 41.9 Å². The molecule has 1 N–H and O–H groups in total. The smallest absolute Gasteiger partial charge is 0.497 e. The van der Waals surface area contributed by atoms with Crippen LogP contribution >= 0.6 is 0 Å². The summed E-state index contributed by atoms with van der Waals surface area (Å²) < 4.78 is 12.1. The summed E-state index contributed by atoms with van der Waals surface area (Å²) in [5.41, 5.74) is 1.07. The van der Waals surface area contributed by atoms with E-state index in [0.717, 1.165) is 11.2 Å². The average Bonchev–Trinajstić information content (AvgIpc) is 2.47. The van der Waals surface area contributed by atoms with Crippen LogP contribution in [-0.4, -0.2) is 37.5 Å². The molecule has 0 aliphatic carbocycles. The summed E-state index contributed by atoms with van der Waals surface area (Å²) in [5.74, 6) is 0.218. The number of phenolic OH excluding ortho intramolecular Hbond substituents is 1. The Bertz CT molecular complexity index is 470. The molecule has 1 aliphatic rings. The van der Waals surface area contributed by atoms with Gasteiger partial charge in [-0.2, -0.15) is 0 Å². The van der Waals surface area contributed by atoms with Gasteiger partial charge in [0.1, 0.15) is 5.75 Å². The van der Waals surface area contributed by atoms with Gasteiger partial charge in [-0.1, -0.05) is 0 Å². The quantitative estimate of drug-likeness (QED) is 0.825. The maximum absolute atomic E-state index is 9.71. The lowest BCUT2D eigenvalue weighted by Crippen LogP contribution is -2.41. The number of hydrogen-bond acceptors (Lipinski definition) is 4. The van der Waals surface area contributed by atoms with Gasteiger partial charge >= 0.3 is 7.12 Å². The molecule has 0 saturated carbocycles. The molecule has 0 amide bonds. The largest absolute Gasteiger partial charge is 0.508 e. The van der Waals surface area contributed by atoms with Crippen molar-refractivity contribution in [3.8, 4) is 5.75 Å². The highest BCUT2D eigenvalue weighted by Crippen LogP contribution is 2.37. The predicted molar refractivity (Wildman–Crippen MR) is 78.1 cm³/mol. The van der Waals surface area contributed by atoms with Crippen LogP contribution in [0.15, 0.2) is 18.2 Å². The number of benzene rings is 1. The van der Waals surface area contributed by atoms with Gasteiger partial charge in [-0.05, 0) is 45.9 Å². The molecule has 0 spiro atoms. The zero-order chi connectivity index (χ0) is 14.4. The number of anilines is 1. The molecule has 1 aromatic rings. The molecule has 1 heterocycles. The molecule has 5 heteroatoms. The zero-order valence-corrected chi connectivity index (χ0v) is 12.5. The van der Waals surface area contributed by atoms with E-state index >= 15 is 0 Å². The lowest BCUT2D eigenvalue weighted by molar-refractivity contribution is 0.00578. The monoisotopic (exact) mass is 263 g/mol. The van der Waals surface area contributed by atoms with Gasteiger partial charge in [0.2, 0.25) is 0 Å². The second-order valence-corrected chi connectivity index (χ2v) is 6.23. The van der Waals surface area contributed by atoms with Crippen LogP contribution in [0.1, 0.15) is 27.7 Å². The van der Waals surface area contributed by atoms with Gasteiger partial charge in [-0.15, -0.1) is 0 Å². The van der Waals surface area contributed by atoms with Crippen LogP contribution in [0.2, 0.25) is 0 Å². The van der Waals surface area contributed by atoms with Gasteiger partial charge in [-0.25, -0.2) is 0 Å². The van der Waals surface area contributed by atoms with Crippen molar-refractivity contribution in [3.05, 3.63) is 18.2 Å². The summed E-state index contributed by atoms with van der Waals surface area (Å²) in [7, 11) is 3.46. The Balaban J connectivity index is 2.41. The third kappa shape index (κ3) is 2.45. The van der Waals surface area contributed by atoms with Gasteiger partial charge in [0.15, 0.2) is 0 Å². The lowest BCUT2D eigenvalue weighted by atomic mass is 9.77. The molecule has 1 saturated heterocycles. The number of hydrogen-bond donors (Lipinski definition) is 1. The maximum Gasteiger partial charge on any atom is 0.497 e. The Morgan fingerprint density at radius 3 is 2.05 bits per heavy atom. The van der Waals surface area contributed by atoms with E-state index in [0.29, 0.717) is 0 Å². The van der Waals surface area contributed by atoms with Crippen molar-refractivity contribution in [1.82, 2.24) is 0 Å². The van der Waals surface area contributed by atoms with Crippen LogP contribution in [0.3, 0.4) is 0 Å². The summed E-state index contributed by atoms with van der Waals surface area (Å²) in [6.45, 7) is 8.08. The van der Waals surface area contributed by atoms with Gasteiger partial charge in [0.05, 0.1) is 11.2 Å². The van der Waals surface area contributed by atoms with E-state index in [-0.39, 0.29) is 17.0 Å². The third-order valence-electron chi connectivity index (χ3n) is 4.00. The minimum atomic E-state index is -0.463. The summed E-state index contributed by atoms with van der Waals surface area (Å²) in [5, 5.41) is 9.71. The Morgan fingerprint density at radius 1 is 1.05 bits per heavy atom. The van der Waals surface area contributed by atoms with Crippen molar-refractivity contribution >= 4 is 18.3 Å². The molecule has 2 rings (SSSR count). The Hall–Kier alpha value is -1.20. The van der Waals surface area contributed by atoms with Crippen LogP contribution in [0.4, 0.5) is 5.69 Å². The molecule has 104 valence electrons. The Morgan fingerprint density at radius 2 is 1.58 bits per heavy atom. The summed E-state index contributed by atoms with van der Waals surface area (Å²) in [6.07, 6.45) is 0. The van der Waals surface area contributed by atoms with Crippen LogP contribution < -0.4 is 10.4 Å². The van der Waals surface area contributed by atoms with E-state index in [4.69, 9.17) is 9.31 Å². The maximum atomic E-state index is 9.71. The molecule has 0 unspecified atom stereocenters. The standard InChI is InChI=1S/C14H22BNO3/c1-13(2)14(3,4)19-15(18-13)11-9-10(17)7-8-12(11)16(5)6/h7-9,17H,1-6H3. The van der Waals surface area contributed by atoms with Gasteiger partial charge < -0.3 is 19.3 Å². The van der Waals surface area contributed by atoms with Gasteiger partial charge in [-0.3, -0.25) is 0 Å². The molecule has 1 fully saturated rings. The van der Waals surface area contributed by atoms with Crippen molar-refractivity contribution in [2.24, 2.45) is 0 Å². The SMILES string of the molecule is CN(C)c1ccc(O)cc1B1OC(C)(C)C(C)(C)O1. The molecule has 0 aromatic heterocycles. The van der Waals surface area contributed by atoms with Crippen molar-refractivity contribution < 1.29 is 14.4 Å². The van der Waals surface area contributed by atoms with Crippen LogP contribution in [0, 0.1) is 0 Å². The highest BCUT2D eigenvalue weighted by atomic mass is 16.7. The molecule has 19 heavy (non-hydrogen) atoms. The van der Waals surface area contributed by atoms with Gasteiger partial charge in [0.25, 0.3) is 0 Å². The number of aromatic hydroxyl groups is 1. The minimum absolute atomic E-state index is 0.218. The lowest BCUT2D eigenvalue weighted by Gasteiger charge is -2.32. The first-order valence-corrected chi connectivity index (χ1v) is 6.50. The van der Waals surface area contributed by atoms with Crippen molar-refractivity contribution in [2.45, 2.75) is 38.9 Å². The summed E-state index contributed by atoms with van der Waals surface area (Å²) in [4.78, 5) is 1.99. The molecule has 1 aromatic carbocycles. The first-order valence-electron chi connectivity index (χ1n) is 6.50. The molecule has 1 aliphatic heterocycles. The van der Waals surface area contributed by atoms with Gasteiger partial charge in [0, 0.05) is 25.2 Å². The zero-order valence-electron chi connectivity index (χ0n) is 12.5. The van der Waals surface area contributed by atoms with Crippen molar-refractivity contribution in [2.75, 3.05) is 19.0 Å². The molecule has 0 atom stereocenters. The first-order chi connectivity index (χ1) is 8.64. The number of phenols is 1. The second-order valence-electron chi connectivity index (χ2n) is 6.23. The molecule has 4 nitrogen and oxygen atoms in total. The summed E-state index contributed by atoms with van der Waals surface area (Å²) >= 11 is 0. The molecule has 0 radical (unpaired) electrons. The van der Waals surface area contributed by atoms with E-state index < -0.39 is 7.12 Å². The highest BCUT2D eigenvalue weighted by molar-refractivity contribution is 6.64. The predicted octanol–water partition coefficient (Wildman–Crippen LogP) is 1.76. The average molecular weight is 263 g/mol. The fourth-order valence-electron chi connectivity index (χ4n) is 2.11. The fourth-order valence-corrected chi connectivity index (χ4v) is 2.11. The normalized spacial score (nSPS) is 20.6. The number of rotatable bonds is 2. The van der Waals surface area contributed by atoms with Crippen LogP contribution in [-0.2, 0) is 9.31 Å². The minimum Gasteiger partial charge on any atom is -0.508 e. The van der Waals surface area contributed by atoms with E-state index in [2.05, 4.69) is 0 Å². The van der Waals surface area contributed by atoms with Crippen molar-refractivity contribution in [1.29, 1.82) is 0 Å². The molecular formula is C14H22BNO3. The number of nitrogens with zero attached hydrogens (tertiary/aromatic N) is 1. The third-order valence-corrected chi connectivity index (χ3v) is 4.00. The van der Waals surface area contributed by atoms with E-state index in [9.17, 15) is 5.11 Å².